The van der Waals surface area contributed by atoms with Gasteiger partial charge in [-0.15, -0.1) is 6.58 Å². The van der Waals surface area contributed by atoms with Crippen LogP contribution in [0.1, 0.15) is 25.6 Å². The Bertz CT molecular complexity index is 328. The topological polar surface area (TPSA) is 35.0 Å². The van der Waals surface area contributed by atoms with E-state index in [0.29, 0.717) is 12.5 Å². The van der Waals surface area contributed by atoms with E-state index in [2.05, 4.69) is 39.4 Å². The van der Waals surface area contributed by atoms with Crippen molar-refractivity contribution in [1.82, 2.24) is 9.97 Å². The molecule has 82 valence electrons. The van der Waals surface area contributed by atoms with E-state index in [1.54, 1.807) is 6.07 Å². The molecule has 0 saturated carbocycles. The van der Waals surface area contributed by atoms with Gasteiger partial charge >= 0.3 is 0 Å². The van der Waals surface area contributed by atoms with Crippen molar-refractivity contribution in [3.63, 3.8) is 0 Å². The first-order chi connectivity index (χ1) is 7.26. The number of aryl methyl sites for hydroxylation is 1. The third-order valence-corrected chi connectivity index (χ3v) is 2.17. The van der Waals surface area contributed by atoms with Gasteiger partial charge in [-0.25, -0.2) is 4.98 Å². The molecule has 1 aromatic rings. The van der Waals surface area contributed by atoms with E-state index in [-0.39, 0.29) is 0 Å². The molecule has 4 heteroatoms. The molecule has 0 aliphatic rings. The summed E-state index contributed by atoms with van der Waals surface area (Å²) in [6.45, 7) is 6.34. The average Bonchev–Trinajstić information content (AvgIpc) is 2.18. The van der Waals surface area contributed by atoms with Crippen molar-refractivity contribution in [3.05, 3.63) is 29.1 Å². The van der Waals surface area contributed by atoms with Gasteiger partial charge in [0.15, 0.2) is 0 Å². The SMILES string of the molecule is C=CCCOc1cc(Br)nc(CCC)n1. The molecule has 1 rings (SSSR count). The van der Waals surface area contributed by atoms with E-state index >= 15 is 0 Å². The Morgan fingerprint density at radius 2 is 2.33 bits per heavy atom. The lowest BCUT2D eigenvalue weighted by atomic mass is 10.3. The molecular weight excluding hydrogens is 256 g/mol. The fraction of sp³-hybridized carbons (Fsp3) is 0.455. The van der Waals surface area contributed by atoms with E-state index in [1.807, 2.05) is 6.08 Å². The molecule has 0 aliphatic carbocycles. The van der Waals surface area contributed by atoms with Gasteiger partial charge in [0.1, 0.15) is 10.4 Å². The third kappa shape index (κ3) is 4.42. The Kier molecular flexibility index (Phi) is 5.32. The van der Waals surface area contributed by atoms with Crippen LogP contribution < -0.4 is 4.74 Å². The molecule has 1 heterocycles. The maximum Gasteiger partial charge on any atom is 0.217 e. The van der Waals surface area contributed by atoms with Gasteiger partial charge in [-0.1, -0.05) is 13.0 Å². The first-order valence-corrected chi connectivity index (χ1v) is 5.82. The third-order valence-electron chi connectivity index (χ3n) is 1.76. The Morgan fingerprint density at radius 1 is 1.53 bits per heavy atom. The molecule has 0 aromatic carbocycles. The molecule has 0 amide bonds. The van der Waals surface area contributed by atoms with Crippen LogP contribution >= 0.6 is 15.9 Å². The van der Waals surface area contributed by atoms with Crippen LogP contribution in [0.4, 0.5) is 0 Å². The van der Waals surface area contributed by atoms with Gasteiger partial charge in [0.25, 0.3) is 0 Å². The number of nitrogens with zero attached hydrogens (tertiary/aromatic N) is 2. The van der Waals surface area contributed by atoms with E-state index in [1.165, 1.54) is 0 Å². The molecule has 0 radical (unpaired) electrons. The maximum absolute atomic E-state index is 5.46. The highest BCUT2D eigenvalue weighted by atomic mass is 79.9. The smallest absolute Gasteiger partial charge is 0.217 e. The summed E-state index contributed by atoms with van der Waals surface area (Å²) >= 11 is 3.34. The fourth-order valence-electron chi connectivity index (χ4n) is 1.10. The van der Waals surface area contributed by atoms with Crippen LogP contribution in [0.25, 0.3) is 0 Å². The molecule has 0 bridgehead atoms. The zero-order valence-electron chi connectivity index (χ0n) is 8.87. The molecule has 0 aliphatic heterocycles. The van der Waals surface area contributed by atoms with Gasteiger partial charge in [0, 0.05) is 12.5 Å². The second-order valence-electron chi connectivity index (χ2n) is 3.12. The predicted molar refractivity (Wildman–Crippen MR) is 64.0 cm³/mol. The second-order valence-corrected chi connectivity index (χ2v) is 3.93. The highest BCUT2D eigenvalue weighted by Crippen LogP contribution is 2.15. The van der Waals surface area contributed by atoms with E-state index in [9.17, 15) is 0 Å². The molecule has 0 fully saturated rings. The highest BCUT2D eigenvalue weighted by Gasteiger charge is 2.02. The first kappa shape index (κ1) is 12.2. The van der Waals surface area contributed by atoms with Gasteiger partial charge in [-0.3, -0.25) is 0 Å². The molecule has 0 N–H and O–H groups in total. The minimum absolute atomic E-state index is 0.610. The van der Waals surface area contributed by atoms with E-state index in [0.717, 1.165) is 29.7 Å². The fourth-order valence-corrected chi connectivity index (χ4v) is 1.50. The van der Waals surface area contributed by atoms with Crippen molar-refractivity contribution in [2.75, 3.05) is 6.61 Å². The summed E-state index contributed by atoms with van der Waals surface area (Å²) < 4.78 is 6.23. The first-order valence-electron chi connectivity index (χ1n) is 5.03. The zero-order chi connectivity index (χ0) is 11.1. The predicted octanol–water partition coefficient (Wildman–Crippen LogP) is 3.15. The van der Waals surface area contributed by atoms with Gasteiger partial charge in [-0.2, -0.15) is 4.98 Å². The quantitative estimate of drug-likeness (QED) is 0.453. The molecule has 0 unspecified atom stereocenters. The van der Waals surface area contributed by atoms with E-state index in [4.69, 9.17) is 4.74 Å². The van der Waals surface area contributed by atoms with Crippen LogP contribution in [-0.4, -0.2) is 16.6 Å². The van der Waals surface area contributed by atoms with Gasteiger partial charge < -0.3 is 4.74 Å². The summed E-state index contributed by atoms with van der Waals surface area (Å²) in [5.74, 6) is 1.45. The minimum atomic E-state index is 0.610. The molecule has 0 spiro atoms. The second kappa shape index (κ2) is 6.56. The average molecular weight is 271 g/mol. The van der Waals surface area contributed by atoms with Gasteiger partial charge in [0.2, 0.25) is 5.88 Å². The highest BCUT2D eigenvalue weighted by molar-refractivity contribution is 9.10. The molecule has 3 nitrogen and oxygen atoms in total. The number of hydrogen-bond acceptors (Lipinski definition) is 3. The standard InChI is InChI=1S/C11H15BrN2O/c1-3-5-7-15-11-8-9(12)13-10(14-11)6-4-2/h3,8H,1,4-7H2,2H3. The van der Waals surface area contributed by atoms with Crippen molar-refractivity contribution >= 4 is 15.9 Å². The summed E-state index contributed by atoms with van der Waals surface area (Å²) in [5.41, 5.74) is 0. The number of ether oxygens (including phenoxy) is 1. The zero-order valence-corrected chi connectivity index (χ0v) is 10.5. The Hall–Kier alpha value is -0.900. The lowest BCUT2D eigenvalue weighted by Crippen LogP contribution is -2.02. The van der Waals surface area contributed by atoms with Crippen LogP contribution in [0.5, 0.6) is 5.88 Å². The molecule has 0 atom stereocenters. The van der Waals surface area contributed by atoms with Crippen molar-refractivity contribution in [2.45, 2.75) is 26.2 Å². The van der Waals surface area contributed by atoms with Crippen molar-refractivity contribution in [3.8, 4) is 5.88 Å². The van der Waals surface area contributed by atoms with Crippen LogP contribution in [0.15, 0.2) is 23.3 Å². The molecular formula is C11H15BrN2O. The lowest BCUT2D eigenvalue weighted by Gasteiger charge is -2.05. The largest absolute Gasteiger partial charge is 0.477 e. The lowest BCUT2D eigenvalue weighted by molar-refractivity contribution is 0.310. The summed E-state index contributed by atoms with van der Waals surface area (Å²) in [6, 6.07) is 1.78. The van der Waals surface area contributed by atoms with Crippen LogP contribution in [-0.2, 0) is 6.42 Å². The van der Waals surface area contributed by atoms with Gasteiger partial charge in [0.05, 0.1) is 6.61 Å². The summed E-state index contributed by atoms with van der Waals surface area (Å²) in [6.07, 6.45) is 4.55. The number of halogens is 1. The van der Waals surface area contributed by atoms with E-state index < -0.39 is 0 Å². The maximum atomic E-state index is 5.46. The van der Waals surface area contributed by atoms with Crippen molar-refractivity contribution in [1.29, 1.82) is 0 Å². The monoisotopic (exact) mass is 270 g/mol. The summed E-state index contributed by atoms with van der Waals surface area (Å²) in [4.78, 5) is 8.55. The van der Waals surface area contributed by atoms with Crippen molar-refractivity contribution in [2.24, 2.45) is 0 Å². The number of hydrogen-bond donors (Lipinski definition) is 0. The van der Waals surface area contributed by atoms with Crippen molar-refractivity contribution < 1.29 is 4.74 Å². The number of rotatable bonds is 6. The Balaban J connectivity index is 2.65. The molecule has 1 aromatic heterocycles. The van der Waals surface area contributed by atoms with Crippen LogP contribution in [0.3, 0.4) is 0 Å². The Morgan fingerprint density at radius 3 is 3.00 bits per heavy atom. The van der Waals surface area contributed by atoms with Crippen LogP contribution in [0.2, 0.25) is 0 Å². The molecule has 0 saturated heterocycles. The number of aromatic nitrogens is 2. The normalized spacial score (nSPS) is 10.0. The summed E-state index contributed by atoms with van der Waals surface area (Å²) in [7, 11) is 0. The minimum Gasteiger partial charge on any atom is -0.477 e. The van der Waals surface area contributed by atoms with Crippen LogP contribution in [0, 0.1) is 0 Å². The van der Waals surface area contributed by atoms with Gasteiger partial charge in [-0.05, 0) is 28.8 Å². The molecule has 15 heavy (non-hydrogen) atoms. The summed E-state index contributed by atoms with van der Waals surface area (Å²) in [5, 5.41) is 0. The Labute approximate surface area is 98.7 Å².